The van der Waals surface area contributed by atoms with Gasteiger partial charge in [-0.05, 0) is 25.0 Å². The number of hydrogen-bond donors (Lipinski definition) is 2. The lowest BCUT2D eigenvalue weighted by molar-refractivity contribution is -0.160. The number of carboxylic acids is 1. The molecule has 18 heavy (non-hydrogen) atoms. The molecule has 0 amide bonds. The van der Waals surface area contributed by atoms with E-state index in [9.17, 15) is 15.0 Å². The lowest BCUT2D eigenvalue weighted by Crippen LogP contribution is -2.36. The number of methoxy groups -OCH3 is 2. The number of ether oxygens (including phenoxy) is 2. The maximum Gasteiger partial charge on any atom is 0.340 e. The molecule has 0 spiro atoms. The molecule has 1 rings (SSSR count). The van der Waals surface area contributed by atoms with Gasteiger partial charge in [-0.15, -0.1) is 0 Å². The summed E-state index contributed by atoms with van der Waals surface area (Å²) in [5.41, 5.74) is -1.08. The van der Waals surface area contributed by atoms with E-state index in [1.165, 1.54) is 14.2 Å². The first-order chi connectivity index (χ1) is 8.40. The van der Waals surface area contributed by atoms with Gasteiger partial charge < -0.3 is 19.7 Å². The number of benzene rings is 1. The molecule has 5 nitrogen and oxygen atoms in total. The van der Waals surface area contributed by atoms with Crippen LogP contribution in [0, 0.1) is 6.92 Å². The van der Waals surface area contributed by atoms with Crippen molar-refractivity contribution in [2.45, 2.75) is 25.9 Å². The zero-order valence-corrected chi connectivity index (χ0v) is 11.0. The van der Waals surface area contributed by atoms with Crippen LogP contribution in [0.2, 0.25) is 0 Å². The summed E-state index contributed by atoms with van der Waals surface area (Å²) < 4.78 is 10.3. The number of rotatable bonds is 5. The van der Waals surface area contributed by atoms with Crippen molar-refractivity contribution >= 4 is 5.97 Å². The third-order valence-corrected chi connectivity index (χ3v) is 3.01. The van der Waals surface area contributed by atoms with Crippen LogP contribution in [-0.4, -0.2) is 30.4 Å². The summed E-state index contributed by atoms with van der Waals surface area (Å²) in [7, 11) is 2.94. The van der Waals surface area contributed by atoms with Gasteiger partial charge in [0.1, 0.15) is 11.5 Å². The second-order valence-electron chi connectivity index (χ2n) is 4.04. The molecule has 1 atom stereocenters. The Balaban J connectivity index is 3.52. The average Bonchev–Trinajstić information content (AvgIpc) is 2.36. The average molecular weight is 254 g/mol. The highest BCUT2D eigenvalue weighted by molar-refractivity contribution is 5.81. The minimum absolute atomic E-state index is 0.0475. The lowest BCUT2D eigenvalue weighted by atomic mass is 9.87. The lowest BCUT2D eigenvalue weighted by Gasteiger charge is -2.26. The molecule has 2 N–H and O–H groups in total. The van der Waals surface area contributed by atoms with Crippen LogP contribution in [0.5, 0.6) is 11.5 Å². The molecule has 0 aliphatic rings. The first-order valence-electron chi connectivity index (χ1n) is 5.59. The zero-order valence-electron chi connectivity index (χ0n) is 11.0. The summed E-state index contributed by atoms with van der Waals surface area (Å²) in [5, 5.41) is 19.5. The predicted octanol–water partition coefficient (Wildman–Crippen LogP) is 1.69. The van der Waals surface area contributed by atoms with Crippen molar-refractivity contribution in [3.63, 3.8) is 0 Å². The van der Waals surface area contributed by atoms with Gasteiger partial charge in [0.2, 0.25) is 0 Å². The summed E-state index contributed by atoms with van der Waals surface area (Å²) >= 11 is 0. The molecule has 0 bridgehead atoms. The summed E-state index contributed by atoms with van der Waals surface area (Å²) in [6.07, 6.45) is 0.0475. The molecule has 0 saturated carbocycles. The van der Waals surface area contributed by atoms with Gasteiger partial charge in [0, 0.05) is 11.6 Å². The van der Waals surface area contributed by atoms with Crippen molar-refractivity contribution in [1.82, 2.24) is 0 Å². The largest absolute Gasteiger partial charge is 0.497 e. The van der Waals surface area contributed by atoms with Crippen LogP contribution in [0.3, 0.4) is 0 Å². The van der Waals surface area contributed by atoms with Crippen LogP contribution in [0.25, 0.3) is 0 Å². The van der Waals surface area contributed by atoms with E-state index in [0.717, 1.165) is 0 Å². The maximum atomic E-state index is 11.3. The van der Waals surface area contributed by atoms with Gasteiger partial charge in [0.15, 0.2) is 5.60 Å². The SMILES string of the molecule is CCC(O)(C(=O)O)c1c(C)cc(OC)cc1OC. The van der Waals surface area contributed by atoms with Crippen LogP contribution in [0.4, 0.5) is 0 Å². The molecule has 0 aromatic heterocycles. The Kier molecular flexibility index (Phi) is 4.19. The van der Waals surface area contributed by atoms with E-state index >= 15 is 0 Å². The first-order valence-corrected chi connectivity index (χ1v) is 5.59. The van der Waals surface area contributed by atoms with Gasteiger partial charge in [-0.25, -0.2) is 4.79 Å². The van der Waals surface area contributed by atoms with Crippen LogP contribution in [0.15, 0.2) is 12.1 Å². The van der Waals surface area contributed by atoms with E-state index < -0.39 is 11.6 Å². The highest BCUT2D eigenvalue weighted by Gasteiger charge is 2.40. The fraction of sp³-hybridized carbons (Fsp3) is 0.462. The quantitative estimate of drug-likeness (QED) is 0.836. The minimum Gasteiger partial charge on any atom is -0.497 e. The van der Waals surface area contributed by atoms with Crippen LogP contribution in [-0.2, 0) is 10.4 Å². The van der Waals surface area contributed by atoms with Crippen LogP contribution in [0.1, 0.15) is 24.5 Å². The minimum atomic E-state index is -1.96. The molecular formula is C13H18O5. The monoisotopic (exact) mass is 254 g/mol. The van der Waals surface area contributed by atoms with Crippen molar-refractivity contribution in [3.8, 4) is 11.5 Å². The van der Waals surface area contributed by atoms with Crippen LogP contribution >= 0.6 is 0 Å². The van der Waals surface area contributed by atoms with E-state index in [0.29, 0.717) is 17.1 Å². The molecule has 100 valence electrons. The normalized spacial score (nSPS) is 13.8. The number of carbonyl (C=O) groups is 1. The van der Waals surface area contributed by atoms with E-state index in [1.807, 2.05) is 0 Å². The Bertz CT molecular complexity index is 455. The van der Waals surface area contributed by atoms with E-state index in [4.69, 9.17) is 9.47 Å². The molecule has 1 unspecified atom stereocenters. The molecule has 0 aliphatic carbocycles. The van der Waals surface area contributed by atoms with Gasteiger partial charge in [0.05, 0.1) is 14.2 Å². The highest BCUT2D eigenvalue weighted by Crippen LogP contribution is 2.38. The molecule has 0 fully saturated rings. The fourth-order valence-electron chi connectivity index (χ4n) is 1.97. The molecule has 5 heteroatoms. The molecule has 0 heterocycles. The Morgan fingerprint density at radius 1 is 1.33 bits per heavy atom. The summed E-state index contributed by atoms with van der Waals surface area (Å²) in [6, 6.07) is 3.23. The van der Waals surface area contributed by atoms with Crippen molar-refractivity contribution in [1.29, 1.82) is 0 Å². The first kappa shape index (κ1) is 14.3. The predicted molar refractivity (Wildman–Crippen MR) is 66.1 cm³/mol. The second-order valence-corrected chi connectivity index (χ2v) is 4.04. The molecule has 1 aromatic rings. The number of hydrogen-bond acceptors (Lipinski definition) is 4. The fourth-order valence-corrected chi connectivity index (χ4v) is 1.97. The van der Waals surface area contributed by atoms with E-state index in [2.05, 4.69) is 0 Å². The molecule has 0 radical (unpaired) electrons. The number of aryl methyl sites for hydroxylation is 1. The molecule has 0 aliphatic heterocycles. The maximum absolute atomic E-state index is 11.3. The van der Waals surface area contributed by atoms with Crippen molar-refractivity contribution in [2.24, 2.45) is 0 Å². The topological polar surface area (TPSA) is 76.0 Å². The highest BCUT2D eigenvalue weighted by atomic mass is 16.5. The Morgan fingerprint density at radius 2 is 1.94 bits per heavy atom. The summed E-state index contributed by atoms with van der Waals surface area (Å²) in [4.78, 5) is 11.3. The number of aliphatic hydroxyl groups is 1. The van der Waals surface area contributed by atoms with Crippen LogP contribution < -0.4 is 9.47 Å². The van der Waals surface area contributed by atoms with Gasteiger partial charge >= 0.3 is 5.97 Å². The van der Waals surface area contributed by atoms with Gasteiger partial charge in [-0.2, -0.15) is 0 Å². The van der Waals surface area contributed by atoms with Gasteiger partial charge in [0.25, 0.3) is 0 Å². The third-order valence-electron chi connectivity index (χ3n) is 3.01. The summed E-state index contributed by atoms with van der Waals surface area (Å²) in [6.45, 7) is 3.32. The van der Waals surface area contributed by atoms with Gasteiger partial charge in [-0.3, -0.25) is 0 Å². The molecular weight excluding hydrogens is 236 g/mol. The van der Waals surface area contributed by atoms with Crippen molar-refractivity contribution < 1.29 is 24.5 Å². The number of carboxylic acid groups (broad SMARTS) is 1. The third kappa shape index (κ3) is 2.26. The standard InChI is InChI=1S/C13H18O5/c1-5-13(16,12(14)15)11-8(2)6-9(17-3)7-10(11)18-4/h6-7,16H,5H2,1-4H3,(H,14,15). The Labute approximate surface area is 106 Å². The zero-order chi connectivity index (χ0) is 13.9. The van der Waals surface area contributed by atoms with Crippen molar-refractivity contribution in [3.05, 3.63) is 23.3 Å². The second kappa shape index (κ2) is 5.27. The summed E-state index contributed by atoms with van der Waals surface area (Å²) in [5.74, 6) is -0.438. The Morgan fingerprint density at radius 3 is 2.33 bits per heavy atom. The van der Waals surface area contributed by atoms with Crippen molar-refractivity contribution in [2.75, 3.05) is 14.2 Å². The van der Waals surface area contributed by atoms with Gasteiger partial charge in [-0.1, -0.05) is 6.92 Å². The van der Waals surface area contributed by atoms with E-state index in [1.54, 1.807) is 26.0 Å². The molecule has 1 aromatic carbocycles. The molecule has 0 saturated heterocycles. The van der Waals surface area contributed by atoms with E-state index in [-0.39, 0.29) is 12.0 Å². The smallest absolute Gasteiger partial charge is 0.340 e. The Hall–Kier alpha value is -1.75. The number of aliphatic carboxylic acids is 1.